The molecule has 0 radical (unpaired) electrons. The van der Waals surface area contributed by atoms with Crippen LogP contribution in [0.2, 0.25) is 0 Å². The first kappa shape index (κ1) is 12.2. The largest absolute Gasteiger partial charge is 0.192 e. The van der Waals surface area contributed by atoms with Crippen molar-refractivity contribution in [1.82, 2.24) is 0 Å². The zero-order chi connectivity index (χ0) is 10.4. The van der Waals surface area contributed by atoms with Gasteiger partial charge in [0.15, 0.2) is 0 Å². The Labute approximate surface area is 88.5 Å². The number of nitrogens with zero attached hydrogens (tertiary/aromatic N) is 1. The third-order valence-electron chi connectivity index (χ3n) is 1.84. The quantitative estimate of drug-likeness (QED) is 0.673. The summed E-state index contributed by atoms with van der Waals surface area (Å²) in [6.07, 6.45) is 0. The third kappa shape index (κ3) is 2.86. The maximum Gasteiger partial charge on any atom is 0.0994 e. The molecular weight excluding hydrogens is 226 g/mol. The number of hydrogen-bond donors (Lipinski definition) is 0. The highest BCUT2D eigenvalue weighted by Gasteiger charge is 2.02. The van der Waals surface area contributed by atoms with Gasteiger partial charge in [-0.1, -0.05) is 29.8 Å². The monoisotopic (exact) mass is 239 g/mol. The smallest absolute Gasteiger partial charge is 0.0994 e. The van der Waals surface area contributed by atoms with E-state index in [0.29, 0.717) is 0 Å². The predicted molar refractivity (Wildman–Crippen MR) is 59.7 cm³/mol. The lowest BCUT2D eigenvalue weighted by molar-refractivity contribution is 1.29. The van der Waals surface area contributed by atoms with Crippen LogP contribution in [0.25, 0.3) is 0 Å². The van der Waals surface area contributed by atoms with Gasteiger partial charge in [-0.15, -0.1) is 0 Å². The van der Waals surface area contributed by atoms with Crippen molar-refractivity contribution in [2.75, 3.05) is 0 Å². The first-order valence-corrected chi connectivity index (χ1v) is 5.12. The van der Waals surface area contributed by atoms with Crippen molar-refractivity contribution in [1.29, 1.82) is 5.26 Å². The normalized spacial score (nSPS) is 8.31. The second kappa shape index (κ2) is 5.77. The van der Waals surface area contributed by atoms with Crippen molar-refractivity contribution in [2.45, 2.75) is 27.7 Å². The fourth-order valence-corrected chi connectivity index (χ4v) is 1.34. The number of hydrogen-bond acceptors (Lipinski definition) is 1. The molecule has 0 bridgehead atoms. The average Bonchev–Trinajstić information content (AvgIpc) is 2.18. The maximum atomic E-state index is 8.67. The lowest BCUT2D eigenvalue weighted by atomic mass is 10.1. The molecule has 1 aromatic rings. The van der Waals surface area contributed by atoms with Crippen molar-refractivity contribution in [3.8, 4) is 6.07 Å². The fourth-order valence-electron chi connectivity index (χ4n) is 0.909. The summed E-state index contributed by atoms with van der Waals surface area (Å²) in [4.78, 5) is 0. The molecule has 0 N–H and O–H groups in total. The summed E-state index contributed by atoms with van der Waals surface area (Å²) in [5.74, 6) is 0. The SMILES string of the molecule is CC.Cc1c(Br)ccc(C#N)c1C. The third-order valence-corrected chi connectivity index (χ3v) is 2.70. The van der Waals surface area contributed by atoms with Crippen LogP contribution in [0.1, 0.15) is 30.5 Å². The molecule has 0 heterocycles. The molecule has 0 aliphatic heterocycles. The average molecular weight is 240 g/mol. The molecule has 0 aliphatic carbocycles. The van der Waals surface area contributed by atoms with Crippen LogP contribution >= 0.6 is 15.9 Å². The summed E-state index contributed by atoms with van der Waals surface area (Å²) in [5, 5.41) is 8.67. The zero-order valence-corrected chi connectivity index (χ0v) is 10.1. The Bertz CT molecular complexity index is 324. The van der Waals surface area contributed by atoms with Crippen LogP contribution in [-0.4, -0.2) is 0 Å². The standard InChI is InChI=1S/C9H8BrN.C2H6/c1-6-7(2)9(10)4-3-8(6)5-11;1-2/h3-4H,1-2H3;1-2H3. The highest BCUT2D eigenvalue weighted by molar-refractivity contribution is 9.10. The lowest BCUT2D eigenvalue weighted by Crippen LogP contribution is -1.87. The Morgan fingerprint density at radius 2 is 1.69 bits per heavy atom. The minimum absolute atomic E-state index is 0.755. The number of nitriles is 1. The molecule has 0 saturated heterocycles. The van der Waals surface area contributed by atoms with Gasteiger partial charge < -0.3 is 0 Å². The molecule has 0 amide bonds. The van der Waals surface area contributed by atoms with E-state index in [1.165, 1.54) is 0 Å². The molecule has 0 fully saturated rings. The van der Waals surface area contributed by atoms with Gasteiger partial charge in [0, 0.05) is 4.47 Å². The Hall–Kier alpha value is -0.810. The van der Waals surface area contributed by atoms with E-state index in [1.807, 2.05) is 39.8 Å². The second-order valence-corrected chi connectivity index (χ2v) is 3.31. The summed E-state index contributed by atoms with van der Waals surface area (Å²) in [7, 11) is 0. The van der Waals surface area contributed by atoms with Crippen LogP contribution in [0.4, 0.5) is 0 Å². The number of benzene rings is 1. The molecule has 1 nitrogen and oxygen atoms in total. The summed E-state index contributed by atoms with van der Waals surface area (Å²) in [6, 6.07) is 5.87. The summed E-state index contributed by atoms with van der Waals surface area (Å²) >= 11 is 3.40. The summed E-state index contributed by atoms with van der Waals surface area (Å²) < 4.78 is 1.06. The van der Waals surface area contributed by atoms with E-state index < -0.39 is 0 Å². The maximum absolute atomic E-state index is 8.67. The highest BCUT2D eigenvalue weighted by atomic mass is 79.9. The molecule has 13 heavy (non-hydrogen) atoms. The van der Waals surface area contributed by atoms with Gasteiger partial charge in [-0.3, -0.25) is 0 Å². The van der Waals surface area contributed by atoms with Crippen molar-refractivity contribution in [3.63, 3.8) is 0 Å². The predicted octanol–water partition coefficient (Wildman–Crippen LogP) is 3.96. The van der Waals surface area contributed by atoms with Gasteiger partial charge in [-0.2, -0.15) is 5.26 Å². The van der Waals surface area contributed by atoms with E-state index in [0.717, 1.165) is 21.2 Å². The van der Waals surface area contributed by atoms with Crippen molar-refractivity contribution >= 4 is 15.9 Å². The van der Waals surface area contributed by atoms with Crippen LogP contribution in [0.5, 0.6) is 0 Å². The van der Waals surface area contributed by atoms with Gasteiger partial charge in [0.25, 0.3) is 0 Å². The molecule has 0 saturated carbocycles. The molecule has 1 aromatic carbocycles. The van der Waals surface area contributed by atoms with Crippen LogP contribution in [0.3, 0.4) is 0 Å². The van der Waals surface area contributed by atoms with E-state index in [1.54, 1.807) is 0 Å². The number of rotatable bonds is 0. The van der Waals surface area contributed by atoms with Gasteiger partial charge in [-0.05, 0) is 37.1 Å². The van der Waals surface area contributed by atoms with Crippen molar-refractivity contribution in [2.24, 2.45) is 0 Å². The van der Waals surface area contributed by atoms with Gasteiger partial charge in [-0.25, -0.2) is 0 Å². The minimum atomic E-state index is 0.755. The van der Waals surface area contributed by atoms with Crippen molar-refractivity contribution in [3.05, 3.63) is 33.3 Å². The van der Waals surface area contributed by atoms with Crippen LogP contribution < -0.4 is 0 Å². The van der Waals surface area contributed by atoms with Crippen molar-refractivity contribution < 1.29 is 0 Å². The van der Waals surface area contributed by atoms with E-state index in [9.17, 15) is 0 Å². The van der Waals surface area contributed by atoms with E-state index in [-0.39, 0.29) is 0 Å². The van der Waals surface area contributed by atoms with E-state index in [2.05, 4.69) is 22.0 Å². The zero-order valence-electron chi connectivity index (χ0n) is 8.48. The first-order chi connectivity index (χ1) is 6.16. The molecule has 70 valence electrons. The second-order valence-electron chi connectivity index (χ2n) is 2.46. The molecule has 2 heteroatoms. The Morgan fingerprint density at radius 3 is 2.15 bits per heavy atom. The molecule has 0 spiro atoms. The molecular formula is C11H14BrN. The Kier molecular flexibility index (Phi) is 5.41. The van der Waals surface area contributed by atoms with Crippen LogP contribution in [0, 0.1) is 25.2 Å². The van der Waals surface area contributed by atoms with Gasteiger partial charge in [0.1, 0.15) is 0 Å². The Balaban J connectivity index is 0.000000671. The van der Waals surface area contributed by atoms with Crippen LogP contribution in [-0.2, 0) is 0 Å². The molecule has 1 rings (SSSR count). The Morgan fingerprint density at radius 1 is 1.15 bits per heavy atom. The molecule has 0 unspecified atom stereocenters. The van der Waals surface area contributed by atoms with Gasteiger partial charge in [0.05, 0.1) is 11.6 Å². The summed E-state index contributed by atoms with van der Waals surface area (Å²) in [6.45, 7) is 7.96. The molecule has 0 aromatic heterocycles. The van der Waals surface area contributed by atoms with Crippen LogP contribution in [0.15, 0.2) is 16.6 Å². The first-order valence-electron chi connectivity index (χ1n) is 4.32. The fraction of sp³-hybridized carbons (Fsp3) is 0.364. The van der Waals surface area contributed by atoms with Gasteiger partial charge in [0.2, 0.25) is 0 Å². The molecule has 0 aliphatic rings. The molecule has 0 atom stereocenters. The lowest BCUT2D eigenvalue weighted by Gasteiger charge is -2.03. The number of halogens is 1. The minimum Gasteiger partial charge on any atom is -0.192 e. The topological polar surface area (TPSA) is 23.8 Å². The van der Waals surface area contributed by atoms with Gasteiger partial charge >= 0.3 is 0 Å². The van der Waals surface area contributed by atoms with E-state index >= 15 is 0 Å². The van der Waals surface area contributed by atoms with E-state index in [4.69, 9.17) is 5.26 Å². The highest BCUT2D eigenvalue weighted by Crippen LogP contribution is 2.21. The summed E-state index contributed by atoms with van der Waals surface area (Å²) in [5.41, 5.74) is 2.96.